The average molecular weight is 444 g/mol. The number of H-pyrrole nitrogens is 1. The predicted octanol–water partition coefficient (Wildman–Crippen LogP) is 3.33. The third kappa shape index (κ3) is 3.66. The Balaban J connectivity index is 1.57. The van der Waals surface area contributed by atoms with Crippen LogP contribution < -0.4 is 4.72 Å². The maximum atomic E-state index is 13.0. The topological polar surface area (TPSA) is 119 Å². The van der Waals surface area contributed by atoms with Crippen LogP contribution in [0, 0.1) is 18.3 Å². The molecule has 1 saturated heterocycles. The molecule has 30 heavy (non-hydrogen) atoms. The number of piperidine rings is 1. The Labute approximate surface area is 178 Å². The van der Waals surface area contributed by atoms with Gasteiger partial charge >= 0.3 is 0 Å². The summed E-state index contributed by atoms with van der Waals surface area (Å²) in [7, 11) is -3.82. The highest BCUT2D eigenvalue weighted by Crippen LogP contribution is 2.34. The molecule has 1 aliphatic rings. The van der Waals surface area contributed by atoms with Crippen molar-refractivity contribution in [1.82, 2.24) is 14.9 Å². The van der Waals surface area contributed by atoms with Gasteiger partial charge < -0.3 is 9.88 Å². The second kappa shape index (κ2) is 7.74. The van der Waals surface area contributed by atoms with Gasteiger partial charge in [0.25, 0.3) is 10.0 Å². The van der Waals surface area contributed by atoms with Crippen molar-refractivity contribution in [3.8, 4) is 6.07 Å². The largest absolute Gasteiger partial charge is 0.358 e. The van der Waals surface area contributed by atoms with Crippen LogP contribution >= 0.6 is 11.3 Å². The van der Waals surface area contributed by atoms with E-state index in [1.165, 1.54) is 17.5 Å². The van der Waals surface area contributed by atoms with Crippen molar-refractivity contribution in [3.63, 3.8) is 0 Å². The summed E-state index contributed by atoms with van der Waals surface area (Å²) in [5, 5.41) is 10.8. The number of fused-ring (bicyclic) bond motifs is 1. The Morgan fingerprint density at radius 3 is 2.77 bits per heavy atom. The van der Waals surface area contributed by atoms with Crippen molar-refractivity contribution >= 4 is 43.9 Å². The Kier molecular flexibility index (Phi) is 5.26. The molecule has 2 aromatic heterocycles. The van der Waals surface area contributed by atoms with Gasteiger partial charge in [-0.2, -0.15) is 5.26 Å². The number of nitrogens with zero attached hydrogens (tertiary/aromatic N) is 3. The molecule has 0 saturated carbocycles. The third-order valence-corrected chi connectivity index (χ3v) is 8.45. The number of aromatic nitrogens is 2. The lowest BCUT2D eigenvalue weighted by Crippen LogP contribution is -2.36. The molecule has 2 N–H and O–H groups in total. The van der Waals surface area contributed by atoms with Crippen molar-refractivity contribution in [2.24, 2.45) is 0 Å². The van der Waals surface area contributed by atoms with Crippen LogP contribution in [0.1, 0.15) is 41.8 Å². The van der Waals surface area contributed by atoms with E-state index in [0.717, 1.165) is 23.4 Å². The summed E-state index contributed by atoms with van der Waals surface area (Å²) in [4.78, 5) is 20.6. The third-order valence-electron chi connectivity index (χ3n) is 5.47. The number of carbonyl (C=O) groups is 1. The van der Waals surface area contributed by atoms with Gasteiger partial charge in [-0.05, 0) is 31.4 Å². The van der Waals surface area contributed by atoms with Gasteiger partial charge in [0.1, 0.15) is 6.07 Å². The molecular weight excluding hydrogens is 422 g/mol. The van der Waals surface area contributed by atoms with Crippen molar-refractivity contribution < 1.29 is 13.2 Å². The zero-order chi connectivity index (χ0) is 21.5. The van der Waals surface area contributed by atoms with E-state index in [2.05, 4.69) is 20.8 Å². The van der Waals surface area contributed by atoms with Crippen molar-refractivity contribution in [2.75, 3.05) is 17.8 Å². The number of nitriles is 1. The first-order valence-corrected chi connectivity index (χ1v) is 11.8. The van der Waals surface area contributed by atoms with Crippen molar-refractivity contribution in [1.29, 1.82) is 5.26 Å². The van der Waals surface area contributed by atoms with Gasteiger partial charge in [-0.3, -0.25) is 9.52 Å². The first-order chi connectivity index (χ1) is 14.3. The smallest absolute Gasteiger partial charge is 0.273 e. The van der Waals surface area contributed by atoms with Crippen molar-refractivity contribution in [3.05, 3.63) is 40.7 Å². The van der Waals surface area contributed by atoms with E-state index in [-0.39, 0.29) is 16.0 Å². The fraction of sp³-hybridized carbons (Fsp3) is 0.350. The quantitative estimate of drug-likeness (QED) is 0.641. The Bertz CT molecular complexity index is 1260. The molecule has 4 rings (SSSR count). The van der Waals surface area contributed by atoms with E-state index < -0.39 is 10.0 Å². The maximum Gasteiger partial charge on any atom is 0.273 e. The number of benzene rings is 1. The molecular formula is C20H21N5O3S2. The number of amides is 1. The van der Waals surface area contributed by atoms with Gasteiger partial charge in [-0.1, -0.05) is 6.07 Å². The Morgan fingerprint density at radius 2 is 2.10 bits per heavy atom. The Morgan fingerprint density at radius 1 is 1.37 bits per heavy atom. The minimum atomic E-state index is -3.82. The zero-order valence-electron chi connectivity index (χ0n) is 16.6. The molecule has 1 fully saturated rings. The number of nitrogens with one attached hydrogen (secondary N) is 2. The minimum absolute atomic E-state index is 0.0633. The van der Waals surface area contributed by atoms with Crippen LogP contribution in [0.15, 0.2) is 28.7 Å². The lowest BCUT2D eigenvalue weighted by Gasteiger charge is -2.30. The molecule has 1 aliphatic heterocycles. The van der Waals surface area contributed by atoms with Gasteiger partial charge in [0.05, 0.1) is 28.0 Å². The summed E-state index contributed by atoms with van der Waals surface area (Å²) in [6.45, 7) is 4.76. The lowest BCUT2D eigenvalue weighted by atomic mass is 9.97. The minimum Gasteiger partial charge on any atom is -0.358 e. The van der Waals surface area contributed by atoms with E-state index in [0.29, 0.717) is 35.2 Å². The summed E-state index contributed by atoms with van der Waals surface area (Å²) in [5.74, 6) is 0.218. The maximum absolute atomic E-state index is 13.0. The van der Waals surface area contributed by atoms with E-state index in [4.69, 9.17) is 0 Å². The van der Waals surface area contributed by atoms with Crippen LogP contribution in [0.5, 0.6) is 0 Å². The fourth-order valence-electron chi connectivity index (χ4n) is 3.82. The normalized spacial score (nSPS) is 15.3. The molecule has 3 aromatic rings. The highest BCUT2D eigenvalue weighted by Gasteiger charge is 2.27. The number of likely N-dealkylation sites (tertiary alicyclic amines) is 1. The van der Waals surface area contributed by atoms with Gasteiger partial charge in [0, 0.05) is 37.5 Å². The number of anilines is 1. The summed E-state index contributed by atoms with van der Waals surface area (Å²) in [6.07, 6.45) is 4.52. The van der Waals surface area contributed by atoms with Crippen LogP contribution in [-0.2, 0) is 14.8 Å². The molecule has 1 amide bonds. The monoisotopic (exact) mass is 443 g/mol. The molecule has 0 bridgehead atoms. The van der Waals surface area contributed by atoms with Crippen LogP contribution in [0.3, 0.4) is 0 Å². The second-order valence-electron chi connectivity index (χ2n) is 7.40. The molecule has 10 heteroatoms. The molecule has 0 aliphatic carbocycles. The molecule has 8 nitrogen and oxygen atoms in total. The molecule has 0 spiro atoms. The number of hydrogen-bond donors (Lipinski definition) is 2. The van der Waals surface area contributed by atoms with E-state index in [1.807, 2.05) is 6.92 Å². The summed E-state index contributed by atoms with van der Waals surface area (Å²) in [6, 6.07) is 5.60. The highest BCUT2D eigenvalue weighted by molar-refractivity contribution is 7.94. The van der Waals surface area contributed by atoms with Gasteiger partial charge in [-0.15, -0.1) is 11.3 Å². The number of aromatic amines is 1. The number of rotatable bonds is 4. The number of hydrogen-bond acceptors (Lipinski definition) is 6. The van der Waals surface area contributed by atoms with Gasteiger partial charge in [-0.25, -0.2) is 13.4 Å². The number of thiazole rings is 1. The summed E-state index contributed by atoms with van der Waals surface area (Å²) >= 11 is 1.17. The van der Waals surface area contributed by atoms with E-state index >= 15 is 0 Å². The molecule has 1 aromatic carbocycles. The highest BCUT2D eigenvalue weighted by atomic mass is 32.2. The van der Waals surface area contributed by atoms with E-state index in [9.17, 15) is 18.5 Å². The van der Waals surface area contributed by atoms with Crippen LogP contribution in [0.4, 0.5) is 5.69 Å². The second-order valence-corrected chi connectivity index (χ2v) is 10.4. The summed E-state index contributed by atoms with van der Waals surface area (Å²) in [5.41, 5.74) is 2.33. The molecule has 3 heterocycles. The number of aryl methyl sites for hydroxylation is 1. The zero-order valence-corrected chi connectivity index (χ0v) is 18.2. The van der Waals surface area contributed by atoms with E-state index in [1.54, 1.807) is 30.2 Å². The van der Waals surface area contributed by atoms with Gasteiger partial charge in [0.2, 0.25) is 5.91 Å². The molecule has 0 radical (unpaired) electrons. The Hall–Kier alpha value is -2.90. The van der Waals surface area contributed by atoms with Crippen molar-refractivity contribution in [2.45, 2.75) is 36.8 Å². The fourth-order valence-corrected chi connectivity index (χ4v) is 6.21. The molecule has 0 unspecified atom stereocenters. The SMILES string of the molecule is CC(=O)N1CCC(c2ncc(S(=O)(=O)Nc3ccc(C)c4c(C#N)c[nH]c34)s2)CC1. The molecule has 156 valence electrons. The number of carbonyl (C=O) groups excluding carboxylic acids is 1. The van der Waals surface area contributed by atoms with Crippen LogP contribution in [-0.4, -0.2) is 42.3 Å². The predicted molar refractivity (Wildman–Crippen MR) is 115 cm³/mol. The standard InChI is InChI=1S/C20H21N5O3S2/c1-12-3-4-16(19-18(12)15(9-21)10-22-19)24-30(27,28)17-11-23-20(29-17)14-5-7-25(8-6-14)13(2)26/h3-4,10-11,14,22,24H,5-8H2,1-2H3. The van der Waals surface area contributed by atoms with Crippen LogP contribution in [0.25, 0.3) is 10.9 Å². The van der Waals surface area contributed by atoms with Crippen LogP contribution in [0.2, 0.25) is 0 Å². The average Bonchev–Trinajstić information content (AvgIpc) is 3.38. The first kappa shape index (κ1) is 20.4. The number of sulfonamides is 1. The first-order valence-electron chi connectivity index (χ1n) is 9.55. The molecule has 0 atom stereocenters. The van der Waals surface area contributed by atoms with Gasteiger partial charge in [0.15, 0.2) is 4.21 Å². The lowest BCUT2D eigenvalue weighted by molar-refractivity contribution is -0.129. The summed E-state index contributed by atoms with van der Waals surface area (Å²) < 4.78 is 28.7.